The van der Waals surface area contributed by atoms with Crippen LogP contribution in [-0.4, -0.2) is 18.2 Å². The molecule has 1 aromatic rings. The molecule has 0 saturated heterocycles. The molecule has 1 heterocycles. The smallest absolute Gasteiger partial charge is 0.170 e. The van der Waals surface area contributed by atoms with Gasteiger partial charge in [0.1, 0.15) is 0 Å². The van der Waals surface area contributed by atoms with Crippen molar-refractivity contribution in [2.75, 3.05) is 0 Å². The van der Waals surface area contributed by atoms with Crippen LogP contribution in [-0.2, 0) is 4.79 Å². The van der Waals surface area contributed by atoms with E-state index in [2.05, 4.69) is 9.98 Å². The molecule has 0 bridgehead atoms. The number of nitrogens with zero attached hydrogens (tertiary/aromatic N) is 2. The molecule has 0 aromatic heterocycles. The first kappa shape index (κ1) is 9.90. The lowest BCUT2D eigenvalue weighted by Gasteiger charge is -2.10. The minimum Gasteiger partial charge on any atom is -0.294 e. The molecule has 0 N–H and O–H groups in total. The number of carbonyl (C=O) groups is 1. The first-order chi connectivity index (χ1) is 8.34. The van der Waals surface area contributed by atoms with Gasteiger partial charge in [0.25, 0.3) is 0 Å². The van der Waals surface area contributed by atoms with Gasteiger partial charge in [0.15, 0.2) is 5.78 Å². The summed E-state index contributed by atoms with van der Waals surface area (Å²) in [5.74, 6) is 0.0720. The number of hydrogen-bond acceptors (Lipinski definition) is 3. The molecule has 0 saturated carbocycles. The molecule has 0 radical (unpaired) electrons. The second-order valence-corrected chi connectivity index (χ2v) is 3.90. The monoisotopic (exact) mass is 222 g/mol. The van der Waals surface area contributed by atoms with Crippen molar-refractivity contribution < 1.29 is 4.79 Å². The first-order valence-corrected chi connectivity index (χ1v) is 5.46. The highest BCUT2D eigenvalue weighted by atomic mass is 16.1. The van der Waals surface area contributed by atoms with Crippen LogP contribution in [0.5, 0.6) is 0 Å². The largest absolute Gasteiger partial charge is 0.294 e. The van der Waals surface area contributed by atoms with Crippen molar-refractivity contribution in [3.63, 3.8) is 0 Å². The molecule has 3 rings (SSSR count). The minimum absolute atomic E-state index is 0.0720. The normalized spacial score (nSPS) is 17.5. The van der Waals surface area contributed by atoms with Gasteiger partial charge < -0.3 is 0 Å². The van der Waals surface area contributed by atoms with Crippen LogP contribution in [0.4, 0.5) is 5.69 Å². The summed E-state index contributed by atoms with van der Waals surface area (Å²) in [5, 5.41) is 0. The van der Waals surface area contributed by atoms with Crippen LogP contribution < -0.4 is 0 Å². The van der Waals surface area contributed by atoms with Gasteiger partial charge in [0, 0.05) is 24.4 Å². The molecule has 82 valence electrons. The van der Waals surface area contributed by atoms with E-state index in [4.69, 9.17) is 0 Å². The van der Waals surface area contributed by atoms with Crippen molar-refractivity contribution in [1.82, 2.24) is 0 Å². The van der Waals surface area contributed by atoms with Gasteiger partial charge in [-0.3, -0.25) is 14.8 Å². The van der Waals surface area contributed by atoms with Crippen molar-refractivity contribution in [3.05, 3.63) is 53.3 Å². The topological polar surface area (TPSA) is 41.8 Å². The predicted molar refractivity (Wildman–Crippen MR) is 68.0 cm³/mol. The number of rotatable bonds is 0. The third-order valence-electron chi connectivity index (χ3n) is 2.77. The quantitative estimate of drug-likeness (QED) is 0.665. The number of allylic oxidation sites excluding steroid dienone is 3. The Morgan fingerprint density at radius 1 is 1.06 bits per heavy atom. The number of hydrogen-bond donors (Lipinski definition) is 0. The summed E-state index contributed by atoms with van der Waals surface area (Å²) in [5.41, 5.74) is 3.09. The molecule has 2 aliphatic rings. The van der Waals surface area contributed by atoms with Gasteiger partial charge in [-0.2, -0.15) is 0 Å². The van der Waals surface area contributed by atoms with Crippen molar-refractivity contribution in [2.24, 2.45) is 9.98 Å². The lowest BCUT2D eigenvalue weighted by atomic mass is 10.0. The van der Waals surface area contributed by atoms with Crippen molar-refractivity contribution in [2.45, 2.75) is 6.42 Å². The molecule has 3 nitrogen and oxygen atoms in total. The molecule has 1 aromatic carbocycles. The van der Waals surface area contributed by atoms with E-state index in [-0.39, 0.29) is 5.78 Å². The Balaban J connectivity index is 2.15. The second kappa shape index (κ2) is 3.94. The molecule has 0 spiro atoms. The number of Topliss-reactive ketones (excluding diaryl/α,β-unsaturated/α-hetero) is 1. The van der Waals surface area contributed by atoms with Gasteiger partial charge in [0.2, 0.25) is 0 Å². The third kappa shape index (κ3) is 1.76. The van der Waals surface area contributed by atoms with Gasteiger partial charge in [0.05, 0.1) is 17.0 Å². The van der Waals surface area contributed by atoms with Crippen LogP contribution in [0.1, 0.15) is 12.0 Å². The van der Waals surface area contributed by atoms with Crippen molar-refractivity contribution >= 4 is 23.9 Å². The number of benzene rings is 1. The average Bonchev–Trinajstić information content (AvgIpc) is 2.33. The van der Waals surface area contributed by atoms with Crippen LogP contribution in [0.15, 0.2) is 57.7 Å². The Morgan fingerprint density at radius 2 is 1.94 bits per heavy atom. The van der Waals surface area contributed by atoms with Crippen molar-refractivity contribution in [1.29, 1.82) is 0 Å². The molecule has 17 heavy (non-hydrogen) atoms. The maximum absolute atomic E-state index is 11.7. The van der Waals surface area contributed by atoms with Gasteiger partial charge in [-0.1, -0.05) is 24.3 Å². The third-order valence-corrected chi connectivity index (χ3v) is 2.77. The number of carbonyl (C=O) groups excluding carboxylic acids is 1. The Bertz CT molecular complexity index is 606. The Labute approximate surface area is 98.9 Å². The molecule has 0 unspecified atom stereocenters. The van der Waals surface area contributed by atoms with Crippen LogP contribution in [0, 0.1) is 0 Å². The molecular formula is C14H10N2O. The fourth-order valence-electron chi connectivity index (χ4n) is 1.86. The number of fused-ring (bicyclic) bond motifs is 1. The summed E-state index contributed by atoms with van der Waals surface area (Å²) in [6.45, 7) is 0. The fraction of sp³-hybridized carbons (Fsp3) is 0.0714. The fourth-order valence-corrected chi connectivity index (χ4v) is 1.86. The molecule has 0 fully saturated rings. The summed E-state index contributed by atoms with van der Waals surface area (Å²) in [4.78, 5) is 20.4. The SMILES string of the molecule is O=C1CC=CC2=C1C=Nc1ccccc1C=N2. The minimum atomic E-state index is 0.0720. The van der Waals surface area contributed by atoms with Crippen LogP contribution in [0.25, 0.3) is 0 Å². The molecule has 1 aliphatic carbocycles. The summed E-state index contributed by atoms with van der Waals surface area (Å²) < 4.78 is 0. The number of ketones is 1. The van der Waals surface area contributed by atoms with E-state index < -0.39 is 0 Å². The maximum Gasteiger partial charge on any atom is 0.170 e. The Morgan fingerprint density at radius 3 is 2.88 bits per heavy atom. The van der Waals surface area contributed by atoms with Crippen LogP contribution >= 0.6 is 0 Å². The van der Waals surface area contributed by atoms with Crippen LogP contribution in [0.3, 0.4) is 0 Å². The predicted octanol–water partition coefficient (Wildman–Crippen LogP) is 2.60. The summed E-state index contributed by atoms with van der Waals surface area (Å²) >= 11 is 0. The summed E-state index contributed by atoms with van der Waals surface area (Å²) in [6.07, 6.45) is 7.51. The van der Waals surface area contributed by atoms with E-state index >= 15 is 0 Å². The van der Waals surface area contributed by atoms with E-state index in [0.717, 1.165) is 11.3 Å². The van der Waals surface area contributed by atoms with E-state index in [9.17, 15) is 4.79 Å². The summed E-state index contributed by atoms with van der Waals surface area (Å²) in [7, 11) is 0. The lowest BCUT2D eigenvalue weighted by Crippen LogP contribution is -2.09. The van der Waals surface area contributed by atoms with Gasteiger partial charge in [-0.15, -0.1) is 0 Å². The highest BCUT2D eigenvalue weighted by Gasteiger charge is 2.15. The number of aliphatic imine (C=N–C) groups is 2. The van der Waals surface area contributed by atoms with Gasteiger partial charge in [-0.05, 0) is 12.1 Å². The molecule has 1 aliphatic heterocycles. The highest BCUT2D eigenvalue weighted by molar-refractivity contribution is 6.16. The summed E-state index contributed by atoms with van der Waals surface area (Å²) in [6, 6.07) is 7.73. The van der Waals surface area contributed by atoms with E-state index in [1.54, 1.807) is 12.4 Å². The van der Waals surface area contributed by atoms with Gasteiger partial charge >= 0.3 is 0 Å². The maximum atomic E-state index is 11.7. The standard InChI is InChI=1S/C14H10N2O/c17-14-7-3-6-13-11(14)9-16-12-5-2-1-4-10(12)8-15-13/h1-6,8-9H,7H2. The first-order valence-electron chi connectivity index (χ1n) is 5.46. The molecule has 3 heteroatoms. The molecular weight excluding hydrogens is 212 g/mol. The second-order valence-electron chi connectivity index (χ2n) is 3.90. The number of para-hydroxylation sites is 1. The van der Waals surface area contributed by atoms with Crippen molar-refractivity contribution in [3.8, 4) is 0 Å². The zero-order valence-corrected chi connectivity index (χ0v) is 9.13. The van der Waals surface area contributed by atoms with Crippen LogP contribution in [0.2, 0.25) is 0 Å². The highest BCUT2D eigenvalue weighted by Crippen LogP contribution is 2.22. The lowest BCUT2D eigenvalue weighted by molar-refractivity contribution is -0.114. The average molecular weight is 222 g/mol. The molecule has 0 atom stereocenters. The zero-order valence-electron chi connectivity index (χ0n) is 9.13. The molecule has 0 amide bonds. The Kier molecular flexibility index (Phi) is 2.29. The van der Waals surface area contributed by atoms with Gasteiger partial charge in [-0.25, -0.2) is 0 Å². The van der Waals surface area contributed by atoms with E-state index in [1.165, 1.54) is 0 Å². The Hall–Kier alpha value is -2.29. The van der Waals surface area contributed by atoms with E-state index in [0.29, 0.717) is 17.7 Å². The van der Waals surface area contributed by atoms with E-state index in [1.807, 2.05) is 36.4 Å². The zero-order chi connectivity index (χ0) is 11.7.